The molecule has 2 aliphatic rings. The molecule has 2 saturated heterocycles. The molecule has 0 spiro atoms. The molecule has 0 bridgehead atoms. The van der Waals surface area contributed by atoms with Crippen molar-refractivity contribution in [2.24, 2.45) is 0 Å². The van der Waals surface area contributed by atoms with Gasteiger partial charge in [-0.25, -0.2) is 4.79 Å². The van der Waals surface area contributed by atoms with Crippen LogP contribution in [0.1, 0.15) is 57.7 Å². The molecule has 23 heavy (non-hydrogen) atoms. The van der Waals surface area contributed by atoms with E-state index in [0.717, 1.165) is 13.1 Å². The SMILES string of the molecule is CC(C)c1nc(CNC(=O)N2CC(N3CCCC[C@H]3C)C2)no1. The van der Waals surface area contributed by atoms with Crippen LogP contribution in [0.5, 0.6) is 0 Å². The van der Waals surface area contributed by atoms with Gasteiger partial charge in [0.15, 0.2) is 5.82 Å². The number of aromatic nitrogens is 2. The van der Waals surface area contributed by atoms with Gasteiger partial charge in [-0.3, -0.25) is 4.90 Å². The van der Waals surface area contributed by atoms with Crippen molar-refractivity contribution in [3.8, 4) is 0 Å². The molecule has 7 nitrogen and oxygen atoms in total. The second-order valence-electron chi connectivity index (χ2n) is 7.00. The number of urea groups is 1. The van der Waals surface area contributed by atoms with Crippen LogP contribution in [0.4, 0.5) is 4.79 Å². The molecule has 2 fully saturated rings. The molecule has 0 aliphatic carbocycles. The van der Waals surface area contributed by atoms with Crippen molar-refractivity contribution in [3.63, 3.8) is 0 Å². The molecule has 0 radical (unpaired) electrons. The van der Waals surface area contributed by atoms with E-state index in [2.05, 4.69) is 27.3 Å². The minimum atomic E-state index is -0.0400. The van der Waals surface area contributed by atoms with E-state index in [1.807, 2.05) is 18.7 Å². The number of nitrogens with one attached hydrogen (secondary N) is 1. The highest BCUT2D eigenvalue weighted by Gasteiger charge is 2.37. The van der Waals surface area contributed by atoms with E-state index in [4.69, 9.17) is 4.52 Å². The van der Waals surface area contributed by atoms with Gasteiger partial charge in [0.05, 0.1) is 6.54 Å². The maximum Gasteiger partial charge on any atom is 0.317 e. The molecule has 2 amide bonds. The number of nitrogens with zero attached hydrogens (tertiary/aromatic N) is 4. The van der Waals surface area contributed by atoms with E-state index < -0.39 is 0 Å². The number of likely N-dealkylation sites (tertiary alicyclic amines) is 2. The number of hydrogen-bond donors (Lipinski definition) is 1. The Morgan fingerprint density at radius 2 is 2.17 bits per heavy atom. The second-order valence-corrected chi connectivity index (χ2v) is 7.00. The van der Waals surface area contributed by atoms with Crippen LogP contribution in [-0.4, -0.2) is 57.7 Å². The van der Waals surface area contributed by atoms with Crippen molar-refractivity contribution in [3.05, 3.63) is 11.7 Å². The molecule has 128 valence electrons. The summed E-state index contributed by atoms with van der Waals surface area (Å²) in [5.41, 5.74) is 0. The highest BCUT2D eigenvalue weighted by atomic mass is 16.5. The first-order chi connectivity index (χ1) is 11.0. The standard InChI is InChI=1S/C16H27N5O2/c1-11(2)15-18-14(19-23-15)8-17-16(22)20-9-13(10-20)21-7-5-4-6-12(21)3/h11-13H,4-10H2,1-3H3,(H,17,22)/t12-/m1/s1. The maximum absolute atomic E-state index is 12.2. The Balaban J connectivity index is 1.42. The summed E-state index contributed by atoms with van der Waals surface area (Å²) in [6, 6.07) is 1.13. The fourth-order valence-corrected chi connectivity index (χ4v) is 3.33. The normalized spacial score (nSPS) is 23.1. The van der Waals surface area contributed by atoms with Gasteiger partial charge >= 0.3 is 6.03 Å². The molecule has 1 aromatic rings. The van der Waals surface area contributed by atoms with E-state index in [1.165, 1.54) is 25.8 Å². The smallest absolute Gasteiger partial charge is 0.317 e. The molecule has 0 saturated carbocycles. The Kier molecular flexibility index (Phi) is 4.84. The van der Waals surface area contributed by atoms with Crippen LogP contribution in [0.25, 0.3) is 0 Å². The largest absolute Gasteiger partial charge is 0.339 e. The molecule has 0 unspecified atom stereocenters. The van der Waals surface area contributed by atoms with Gasteiger partial charge in [0.2, 0.25) is 5.89 Å². The first-order valence-corrected chi connectivity index (χ1v) is 8.65. The number of amides is 2. The predicted octanol–water partition coefficient (Wildman–Crippen LogP) is 1.96. The average Bonchev–Trinajstić information content (AvgIpc) is 2.95. The van der Waals surface area contributed by atoms with Crippen LogP contribution in [0, 0.1) is 0 Å². The van der Waals surface area contributed by atoms with Crippen molar-refractivity contribution in [2.75, 3.05) is 19.6 Å². The third-order valence-electron chi connectivity index (χ3n) is 4.85. The Labute approximate surface area is 137 Å². The van der Waals surface area contributed by atoms with Crippen LogP contribution in [-0.2, 0) is 6.54 Å². The predicted molar refractivity (Wildman–Crippen MR) is 86.0 cm³/mol. The minimum Gasteiger partial charge on any atom is -0.339 e. The first-order valence-electron chi connectivity index (χ1n) is 8.65. The highest BCUT2D eigenvalue weighted by molar-refractivity contribution is 5.75. The fraction of sp³-hybridized carbons (Fsp3) is 0.812. The van der Waals surface area contributed by atoms with Gasteiger partial charge in [0.25, 0.3) is 0 Å². The lowest BCUT2D eigenvalue weighted by Gasteiger charge is -2.49. The third-order valence-corrected chi connectivity index (χ3v) is 4.85. The van der Waals surface area contributed by atoms with Crippen molar-refractivity contribution >= 4 is 6.03 Å². The Morgan fingerprint density at radius 3 is 2.83 bits per heavy atom. The van der Waals surface area contributed by atoms with E-state index in [-0.39, 0.29) is 11.9 Å². The summed E-state index contributed by atoms with van der Waals surface area (Å²) in [5, 5.41) is 6.75. The number of carbonyl (C=O) groups excluding carboxylic acids is 1. The van der Waals surface area contributed by atoms with Crippen molar-refractivity contribution < 1.29 is 9.32 Å². The molecular formula is C16H27N5O2. The summed E-state index contributed by atoms with van der Waals surface area (Å²) >= 11 is 0. The summed E-state index contributed by atoms with van der Waals surface area (Å²) in [6.45, 7) is 9.41. The first kappa shape index (κ1) is 16.2. The summed E-state index contributed by atoms with van der Waals surface area (Å²) in [4.78, 5) is 20.8. The molecular weight excluding hydrogens is 294 g/mol. The van der Waals surface area contributed by atoms with Gasteiger partial charge < -0.3 is 14.7 Å². The molecule has 0 aromatic carbocycles. The molecule has 3 rings (SSSR count). The van der Waals surface area contributed by atoms with E-state index in [9.17, 15) is 4.79 Å². The molecule has 1 N–H and O–H groups in total. The lowest BCUT2D eigenvalue weighted by atomic mass is 9.98. The van der Waals surface area contributed by atoms with Gasteiger partial charge in [0.1, 0.15) is 0 Å². The van der Waals surface area contributed by atoms with E-state index >= 15 is 0 Å². The molecule has 2 aliphatic heterocycles. The van der Waals surface area contributed by atoms with Crippen LogP contribution >= 0.6 is 0 Å². The van der Waals surface area contributed by atoms with E-state index in [0.29, 0.717) is 30.3 Å². The summed E-state index contributed by atoms with van der Waals surface area (Å²) in [6.07, 6.45) is 3.89. The topological polar surface area (TPSA) is 74.5 Å². The van der Waals surface area contributed by atoms with Crippen LogP contribution in [0.15, 0.2) is 4.52 Å². The Bertz CT molecular complexity index is 538. The van der Waals surface area contributed by atoms with Gasteiger partial charge in [0, 0.05) is 31.1 Å². The summed E-state index contributed by atoms with van der Waals surface area (Å²) in [5.74, 6) is 1.34. The highest BCUT2D eigenvalue weighted by Crippen LogP contribution is 2.24. The minimum absolute atomic E-state index is 0.0400. The Hall–Kier alpha value is -1.63. The second kappa shape index (κ2) is 6.86. The molecule has 3 heterocycles. The van der Waals surface area contributed by atoms with Gasteiger partial charge in [-0.2, -0.15) is 4.98 Å². The zero-order valence-electron chi connectivity index (χ0n) is 14.3. The number of hydrogen-bond acceptors (Lipinski definition) is 5. The Morgan fingerprint density at radius 1 is 1.39 bits per heavy atom. The number of carbonyl (C=O) groups is 1. The molecule has 1 atom stereocenters. The lowest BCUT2D eigenvalue weighted by molar-refractivity contribution is 0.0168. The zero-order chi connectivity index (χ0) is 16.4. The quantitative estimate of drug-likeness (QED) is 0.917. The summed E-state index contributed by atoms with van der Waals surface area (Å²) < 4.78 is 5.13. The fourth-order valence-electron chi connectivity index (χ4n) is 3.33. The van der Waals surface area contributed by atoms with Crippen LogP contribution in [0.3, 0.4) is 0 Å². The van der Waals surface area contributed by atoms with Crippen LogP contribution < -0.4 is 5.32 Å². The van der Waals surface area contributed by atoms with Crippen molar-refractivity contribution in [2.45, 2.75) is 64.6 Å². The monoisotopic (exact) mass is 321 g/mol. The van der Waals surface area contributed by atoms with E-state index in [1.54, 1.807) is 0 Å². The maximum atomic E-state index is 12.2. The number of rotatable bonds is 4. The van der Waals surface area contributed by atoms with Crippen molar-refractivity contribution in [1.82, 2.24) is 25.3 Å². The van der Waals surface area contributed by atoms with Crippen LogP contribution in [0.2, 0.25) is 0 Å². The summed E-state index contributed by atoms with van der Waals surface area (Å²) in [7, 11) is 0. The van der Waals surface area contributed by atoms with Crippen molar-refractivity contribution in [1.29, 1.82) is 0 Å². The molecule has 7 heteroatoms. The average molecular weight is 321 g/mol. The number of piperidine rings is 1. The van der Waals surface area contributed by atoms with Gasteiger partial charge in [-0.05, 0) is 26.3 Å². The zero-order valence-corrected chi connectivity index (χ0v) is 14.3. The van der Waals surface area contributed by atoms with Gasteiger partial charge in [-0.15, -0.1) is 0 Å². The van der Waals surface area contributed by atoms with Gasteiger partial charge in [-0.1, -0.05) is 25.4 Å². The third kappa shape index (κ3) is 3.65. The molecule has 1 aromatic heterocycles. The lowest BCUT2D eigenvalue weighted by Crippen LogP contribution is -2.64.